The van der Waals surface area contributed by atoms with Gasteiger partial charge >= 0.3 is 0 Å². The Kier molecular flexibility index (Phi) is 7.05. The SMILES string of the molecule is CCOc1ccccc1Nc1cc(C(=O)NCCc2ccc(OC)cc2)ccn1. The summed E-state index contributed by atoms with van der Waals surface area (Å²) in [7, 11) is 1.64. The van der Waals surface area contributed by atoms with E-state index >= 15 is 0 Å². The van der Waals surface area contributed by atoms with Gasteiger partial charge in [0.05, 0.1) is 19.4 Å². The van der Waals surface area contributed by atoms with Crippen LogP contribution >= 0.6 is 0 Å². The lowest BCUT2D eigenvalue weighted by atomic mass is 10.1. The van der Waals surface area contributed by atoms with Crippen LogP contribution in [-0.4, -0.2) is 31.2 Å². The highest BCUT2D eigenvalue weighted by Crippen LogP contribution is 2.26. The first kappa shape index (κ1) is 20.2. The molecule has 3 aromatic rings. The van der Waals surface area contributed by atoms with Crippen molar-refractivity contribution in [1.82, 2.24) is 10.3 Å². The van der Waals surface area contributed by atoms with E-state index in [9.17, 15) is 4.79 Å². The lowest BCUT2D eigenvalue weighted by molar-refractivity contribution is 0.0954. The molecule has 0 unspecified atom stereocenters. The molecule has 29 heavy (non-hydrogen) atoms. The Morgan fingerprint density at radius 1 is 1.07 bits per heavy atom. The van der Waals surface area contributed by atoms with E-state index in [2.05, 4.69) is 15.6 Å². The molecule has 2 aromatic carbocycles. The van der Waals surface area contributed by atoms with Gasteiger partial charge in [0.1, 0.15) is 17.3 Å². The molecule has 0 fully saturated rings. The third-order valence-corrected chi connectivity index (χ3v) is 4.33. The molecule has 0 saturated carbocycles. The normalized spacial score (nSPS) is 10.3. The third-order valence-electron chi connectivity index (χ3n) is 4.33. The summed E-state index contributed by atoms with van der Waals surface area (Å²) in [5, 5.41) is 6.17. The van der Waals surface area contributed by atoms with Crippen molar-refractivity contribution in [1.29, 1.82) is 0 Å². The minimum atomic E-state index is -0.137. The Balaban J connectivity index is 1.59. The zero-order valence-corrected chi connectivity index (χ0v) is 16.6. The van der Waals surface area contributed by atoms with Crippen LogP contribution in [0.5, 0.6) is 11.5 Å². The fourth-order valence-electron chi connectivity index (χ4n) is 2.84. The molecule has 0 saturated heterocycles. The van der Waals surface area contributed by atoms with Gasteiger partial charge in [-0.15, -0.1) is 0 Å². The van der Waals surface area contributed by atoms with E-state index in [1.54, 1.807) is 25.4 Å². The van der Waals surface area contributed by atoms with E-state index in [0.29, 0.717) is 24.5 Å². The summed E-state index contributed by atoms with van der Waals surface area (Å²) in [4.78, 5) is 16.8. The number of hydrogen-bond acceptors (Lipinski definition) is 5. The highest BCUT2D eigenvalue weighted by molar-refractivity contribution is 5.95. The second kappa shape index (κ2) is 10.1. The minimum absolute atomic E-state index is 0.137. The van der Waals surface area contributed by atoms with Crippen molar-refractivity contribution >= 4 is 17.4 Å². The summed E-state index contributed by atoms with van der Waals surface area (Å²) < 4.78 is 10.8. The first-order valence-corrected chi connectivity index (χ1v) is 9.55. The monoisotopic (exact) mass is 391 g/mol. The molecule has 0 radical (unpaired) electrons. The Bertz CT molecular complexity index is 942. The molecular formula is C23H25N3O3. The molecule has 6 heteroatoms. The number of rotatable bonds is 9. The maximum atomic E-state index is 12.5. The number of aromatic nitrogens is 1. The van der Waals surface area contributed by atoms with Gasteiger partial charge in [0.15, 0.2) is 0 Å². The number of methoxy groups -OCH3 is 1. The van der Waals surface area contributed by atoms with Crippen LogP contribution in [0.25, 0.3) is 0 Å². The van der Waals surface area contributed by atoms with E-state index < -0.39 is 0 Å². The predicted octanol–water partition coefficient (Wildman–Crippen LogP) is 4.21. The van der Waals surface area contributed by atoms with Gasteiger partial charge in [0, 0.05) is 18.3 Å². The fraction of sp³-hybridized carbons (Fsp3) is 0.217. The van der Waals surface area contributed by atoms with E-state index in [4.69, 9.17) is 9.47 Å². The van der Waals surface area contributed by atoms with Crippen LogP contribution in [0.1, 0.15) is 22.8 Å². The molecule has 150 valence electrons. The van der Waals surface area contributed by atoms with Crippen molar-refractivity contribution in [3.8, 4) is 11.5 Å². The minimum Gasteiger partial charge on any atom is -0.497 e. The maximum absolute atomic E-state index is 12.5. The summed E-state index contributed by atoms with van der Waals surface area (Å²) >= 11 is 0. The molecule has 0 aliphatic carbocycles. The lowest BCUT2D eigenvalue weighted by Gasteiger charge is -2.12. The Morgan fingerprint density at radius 3 is 2.62 bits per heavy atom. The number of anilines is 2. The summed E-state index contributed by atoms with van der Waals surface area (Å²) in [6.07, 6.45) is 2.36. The second-order valence-electron chi connectivity index (χ2n) is 6.34. The molecule has 2 N–H and O–H groups in total. The molecule has 1 amide bonds. The Morgan fingerprint density at radius 2 is 1.86 bits per heavy atom. The van der Waals surface area contributed by atoms with Crippen molar-refractivity contribution in [2.75, 3.05) is 25.6 Å². The lowest BCUT2D eigenvalue weighted by Crippen LogP contribution is -2.25. The van der Waals surface area contributed by atoms with Crippen molar-refractivity contribution in [2.24, 2.45) is 0 Å². The van der Waals surface area contributed by atoms with Crippen molar-refractivity contribution in [3.05, 3.63) is 78.0 Å². The number of carbonyl (C=O) groups excluding carboxylic acids is 1. The van der Waals surface area contributed by atoms with Gasteiger partial charge in [-0.2, -0.15) is 0 Å². The van der Waals surface area contributed by atoms with Gasteiger partial charge in [0.25, 0.3) is 5.91 Å². The largest absolute Gasteiger partial charge is 0.497 e. The summed E-state index contributed by atoms with van der Waals surface area (Å²) in [5.41, 5.74) is 2.49. The van der Waals surface area contributed by atoms with E-state index in [1.165, 1.54) is 0 Å². The van der Waals surface area contributed by atoms with Crippen LogP contribution in [0.15, 0.2) is 66.9 Å². The molecule has 3 rings (SSSR count). The average Bonchev–Trinajstić information content (AvgIpc) is 2.76. The Labute approximate surface area is 170 Å². The highest BCUT2D eigenvalue weighted by Gasteiger charge is 2.09. The second-order valence-corrected chi connectivity index (χ2v) is 6.34. The molecule has 6 nitrogen and oxygen atoms in total. The fourth-order valence-corrected chi connectivity index (χ4v) is 2.84. The average molecular weight is 391 g/mol. The van der Waals surface area contributed by atoms with Crippen molar-refractivity contribution in [2.45, 2.75) is 13.3 Å². The summed E-state index contributed by atoms with van der Waals surface area (Å²) in [5.74, 6) is 2.01. The van der Waals surface area contributed by atoms with Gasteiger partial charge < -0.3 is 20.1 Å². The standard InChI is InChI=1S/C23H25N3O3/c1-3-29-21-7-5-4-6-20(21)26-22-16-18(13-15-24-22)23(27)25-14-12-17-8-10-19(28-2)11-9-17/h4-11,13,15-16H,3,12,14H2,1-2H3,(H,24,26)(H,25,27). The molecule has 0 atom stereocenters. The van der Waals surface area contributed by atoms with Crippen LogP contribution < -0.4 is 20.1 Å². The number of pyridine rings is 1. The molecule has 0 aliphatic heterocycles. The van der Waals surface area contributed by atoms with Gasteiger partial charge in [0.2, 0.25) is 0 Å². The zero-order chi connectivity index (χ0) is 20.5. The number of carbonyl (C=O) groups is 1. The number of nitrogens with one attached hydrogen (secondary N) is 2. The van der Waals surface area contributed by atoms with Crippen LogP contribution in [-0.2, 0) is 6.42 Å². The number of para-hydroxylation sites is 2. The summed E-state index contributed by atoms with van der Waals surface area (Å²) in [6, 6.07) is 18.9. The van der Waals surface area contributed by atoms with E-state index in [0.717, 1.165) is 29.2 Å². The van der Waals surface area contributed by atoms with Gasteiger partial charge in [-0.05, 0) is 55.3 Å². The number of nitrogens with zero attached hydrogens (tertiary/aromatic N) is 1. The first-order chi connectivity index (χ1) is 14.2. The number of amides is 1. The number of ether oxygens (including phenoxy) is 2. The van der Waals surface area contributed by atoms with E-state index in [1.807, 2.05) is 55.5 Å². The van der Waals surface area contributed by atoms with Crippen LogP contribution in [0.4, 0.5) is 11.5 Å². The van der Waals surface area contributed by atoms with Crippen LogP contribution in [0.3, 0.4) is 0 Å². The van der Waals surface area contributed by atoms with Crippen LogP contribution in [0.2, 0.25) is 0 Å². The maximum Gasteiger partial charge on any atom is 0.251 e. The van der Waals surface area contributed by atoms with E-state index in [-0.39, 0.29) is 5.91 Å². The molecule has 0 aliphatic rings. The Hall–Kier alpha value is -3.54. The topological polar surface area (TPSA) is 72.5 Å². The smallest absolute Gasteiger partial charge is 0.251 e. The van der Waals surface area contributed by atoms with Gasteiger partial charge in [-0.1, -0.05) is 24.3 Å². The molecule has 1 aromatic heterocycles. The summed E-state index contributed by atoms with van der Waals surface area (Å²) in [6.45, 7) is 3.05. The molecule has 1 heterocycles. The van der Waals surface area contributed by atoms with Gasteiger partial charge in [-0.25, -0.2) is 4.98 Å². The van der Waals surface area contributed by atoms with Crippen molar-refractivity contribution < 1.29 is 14.3 Å². The first-order valence-electron chi connectivity index (χ1n) is 9.55. The predicted molar refractivity (Wildman–Crippen MR) is 114 cm³/mol. The molecule has 0 spiro atoms. The molecule has 0 bridgehead atoms. The number of benzene rings is 2. The molecular weight excluding hydrogens is 366 g/mol. The number of hydrogen-bond donors (Lipinski definition) is 2. The zero-order valence-electron chi connectivity index (χ0n) is 16.6. The quantitative estimate of drug-likeness (QED) is 0.572. The van der Waals surface area contributed by atoms with Crippen molar-refractivity contribution in [3.63, 3.8) is 0 Å². The highest BCUT2D eigenvalue weighted by atomic mass is 16.5. The van der Waals surface area contributed by atoms with Crippen LogP contribution in [0, 0.1) is 0 Å². The third kappa shape index (κ3) is 5.72. The van der Waals surface area contributed by atoms with Gasteiger partial charge in [-0.3, -0.25) is 4.79 Å².